The third-order valence-electron chi connectivity index (χ3n) is 2.52. The van der Waals surface area contributed by atoms with Crippen molar-refractivity contribution in [2.75, 3.05) is 26.1 Å². The Morgan fingerprint density at radius 1 is 1.33 bits per heavy atom. The molecule has 2 N–H and O–H groups in total. The van der Waals surface area contributed by atoms with E-state index in [1.165, 1.54) is 0 Å². The van der Waals surface area contributed by atoms with E-state index in [-0.39, 0.29) is 11.9 Å². The van der Waals surface area contributed by atoms with E-state index in [4.69, 9.17) is 9.47 Å². The first-order chi connectivity index (χ1) is 8.62. The van der Waals surface area contributed by atoms with Crippen LogP contribution < -0.4 is 20.1 Å². The van der Waals surface area contributed by atoms with Crippen LogP contribution in [0.1, 0.15) is 13.8 Å². The van der Waals surface area contributed by atoms with Crippen molar-refractivity contribution < 1.29 is 14.3 Å². The van der Waals surface area contributed by atoms with Gasteiger partial charge in [0.15, 0.2) is 0 Å². The average Bonchev–Trinajstić information content (AvgIpc) is 2.39. The minimum atomic E-state index is -0.327. The van der Waals surface area contributed by atoms with Crippen LogP contribution in [0.25, 0.3) is 0 Å². The van der Waals surface area contributed by atoms with Gasteiger partial charge in [0.05, 0.1) is 19.9 Å². The van der Waals surface area contributed by atoms with Gasteiger partial charge in [-0.25, -0.2) is 0 Å². The highest BCUT2D eigenvalue weighted by Crippen LogP contribution is 2.29. The number of methoxy groups -OCH3 is 2. The van der Waals surface area contributed by atoms with Gasteiger partial charge in [0.25, 0.3) is 0 Å². The second-order valence-electron chi connectivity index (χ2n) is 3.83. The van der Waals surface area contributed by atoms with Gasteiger partial charge in [0.1, 0.15) is 17.5 Å². The first-order valence-electron chi connectivity index (χ1n) is 5.88. The molecule has 1 unspecified atom stereocenters. The fraction of sp³-hybridized carbons (Fsp3) is 0.462. The van der Waals surface area contributed by atoms with Crippen LogP contribution in [0.4, 0.5) is 5.69 Å². The zero-order valence-corrected chi connectivity index (χ0v) is 11.2. The molecule has 100 valence electrons. The predicted octanol–water partition coefficient (Wildman–Crippen LogP) is 1.64. The van der Waals surface area contributed by atoms with Crippen molar-refractivity contribution in [3.05, 3.63) is 18.2 Å². The van der Waals surface area contributed by atoms with Crippen molar-refractivity contribution in [1.29, 1.82) is 0 Å². The lowest BCUT2D eigenvalue weighted by atomic mass is 10.2. The molecule has 1 aromatic rings. The number of amides is 1. The lowest BCUT2D eigenvalue weighted by Crippen LogP contribution is -2.37. The molecule has 5 nitrogen and oxygen atoms in total. The van der Waals surface area contributed by atoms with Crippen LogP contribution in [0.5, 0.6) is 11.5 Å². The summed E-state index contributed by atoms with van der Waals surface area (Å²) in [5, 5.41) is 5.86. The Hall–Kier alpha value is -1.91. The molecule has 18 heavy (non-hydrogen) atoms. The van der Waals surface area contributed by atoms with E-state index >= 15 is 0 Å². The van der Waals surface area contributed by atoms with E-state index in [2.05, 4.69) is 10.6 Å². The van der Waals surface area contributed by atoms with Crippen molar-refractivity contribution in [1.82, 2.24) is 5.32 Å². The van der Waals surface area contributed by atoms with E-state index in [0.29, 0.717) is 18.0 Å². The number of nitrogens with one attached hydrogen (secondary N) is 2. The van der Waals surface area contributed by atoms with Gasteiger partial charge in [-0.05, 0) is 26.0 Å². The number of carbonyl (C=O) groups is 1. The van der Waals surface area contributed by atoms with Crippen LogP contribution in [-0.2, 0) is 4.79 Å². The first kappa shape index (κ1) is 14.2. The Bertz CT molecular complexity index is 407. The smallest absolute Gasteiger partial charge is 0.242 e. The van der Waals surface area contributed by atoms with Crippen molar-refractivity contribution >= 4 is 11.6 Å². The van der Waals surface area contributed by atoms with Gasteiger partial charge in [-0.2, -0.15) is 0 Å². The number of hydrogen-bond donors (Lipinski definition) is 2. The van der Waals surface area contributed by atoms with Crippen LogP contribution in [0, 0.1) is 0 Å². The van der Waals surface area contributed by atoms with Crippen molar-refractivity contribution in [2.45, 2.75) is 19.9 Å². The fourth-order valence-corrected chi connectivity index (χ4v) is 1.54. The Labute approximate surface area is 107 Å². The molecule has 0 spiro atoms. The van der Waals surface area contributed by atoms with Gasteiger partial charge in [-0.3, -0.25) is 4.79 Å². The summed E-state index contributed by atoms with van der Waals surface area (Å²) in [4.78, 5) is 11.6. The topological polar surface area (TPSA) is 59.6 Å². The second kappa shape index (κ2) is 6.74. The number of likely N-dealkylation sites (N-methyl/N-ethyl adjacent to an activating group) is 1. The van der Waals surface area contributed by atoms with Crippen molar-refractivity contribution in [3.8, 4) is 11.5 Å². The molecule has 0 saturated heterocycles. The molecular weight excluding hydrogens is 232 g/mol. The molecule has 1 amide bonds. The van der Waals surface area contributed by atoms with Crippen molar-refractivity contribution in [2.24, 2.45) is 0 Å². The van der Waals surface area contributed by atoms with E-state index in [9.17, 15) is 4.79 Å². The summed E-state index contributed by atoms with van der Waals surface area (Å²) in [6.45, 7) is 4.30. The van der Waals surface area contributed by atoms with Gasteiger partial charge in [-0.15, -0.1) is 0 Å². The highest BCUT2D eigenvalue weighted by Gasteiger charge is 2.14. The van der Waals surface area contributed by atoms with E-state index < -0.39 is 0 Å². The standard InChI is InChI=1S/C13H20N2O3/c1-5-14-13(16)9(2)15-11-7-6-10(17-3)8-12(11)18-4/h6-9,15H,5H2,1-4H3,(H,14,16). The lowest BCUT2D eigenvalue weighted by molar-refractivity contribution is -0.121. The molecule has 0 heterocycles. The van der Waals surface area contributed by atoms with Gasteiger partial charge in [0, 0.05) is 12.6 Å². The highest BCUT2D eigenvalue weighted by atomic mass is 16.5. The molecule has 0 aromatic heterocycles. The number of anilines is 1. The van der Waals surface area contributed by atoms with E-state index in [1.54, 1.807) is 27.2 Å². The highest BCUT2D eigenvalue weighted by molar-refractivity contribution is 5.84. The molecule has 0 aliphatic rings. The molecular formula is C13H20N2O3. The van der Waals surface area contributed by atoms with E-state index in [0.717, 1.165) is 5.69 Å². The predicted molar refractivity (Wildman–Crippen MR) is 71.3 cm³/mol. The second-order valence-corrected chi connectivity index (χ2v) is 3.83. The summed E-state index contributed by atoms with van der Waals surface area (Å²) in [5.74, 6) is 1.31. The fourth-order valence-electron chi connectivity index (χ4n) is 1.54. The SMILES string of the molecule is CCNC(=O)C(C)Nc1ccc(OC)cc1OC. The van der Waals surface area contributed by atoms with Crippen LogP contribution >= 0.6 is 0 Å². The largest absolute Gasteiger partial charge is 0.497 e. The Morgan fingerprint density at radius 3 is 2.61 bits per heavy atom. The van der Waals surface area contributed by atoms with Gasteiger partial charge < -0.3 is 20.1 Å². The Balaban J connectivity index is 2.80. The molecule has 0 fully saturated rings. The summed E-state index contributed by atoms with van der Waals surface area (Å²) in [7, 11) is 3.18. The zero-order valence-electron chi connectivity index (χ0n) is 11.2. The molecule has 0 saturated carbocycles. The van der Waals surface area contributed by atoms with Gasteiger partial charge >= 0.3 is 0 Å². The summed E-state index contributed by atoms with van der Waals surface area (Å²) in [6, 6.07) is 5.09. The number of ether oxygens (including phenoxy) is 2. The summed E-state index contributed by atoms with van der Waals surface area (Å²) < 4.78 is 10.4. The Morgan fingerprint density at radius 2 is 2.06 bits per heavy atom. The van der Waals surface area contributed by atoms with Crippen molar-refractivity contribution in [3.63, 3.8) is 0 Å². The average molecular weight is 252 g/mol. The summed E-state index contributed by atoms with van der Waals surface area (Å²) >= 11 is 0. The monoisotopic (exact) mass is 252 g/mol. The molecule has 0 radical (unpaired) electrons. The lowest BCUT2D eigenvalue weighted by Gasteiger charge is -2.17. The molecule has 0 bridgehead atoms. The molecule has 1 atom stereocenters. The minimum absolute atomic E-state index is 0.0460. The summed E-state index contributed by atoms with van der Waals surface area (Å²) in [6.07, 6.45) is 0. The maximum atomic E-state index is 11.6. The van der Waals surface area contributed by atoms with Crippen LogP contribution in [0.2, 0.25) is 0 Å². The summed E-state index contributed by atoms with van der Waals surface area (Å²) in [5.41, 5.74) is 0.761. The quantitative estimate of drug-likeness (QED) is 0.808. The van der Waals surface area contributed by atoms with E-state index in [1.807, 2.05) is 19.1 Å². The van der Waals surface area contributed by atoms with Gasteiger partial charge in [-0.1, -0.05) is 0 Å². The minimum Gasteiger partial charge on any atom is -0.497 e. The third kappa shape index (κ3) is 3.55. The van der Waals surface area contributed by atoms with Gasteiger partial charge in [0.2, 0.25) is 5.91 Å². The number of carbonyl (C=O) groups excluding carboxylic acids is 1. The number of benzene rings is 1. The molecule has 5 heteroatoms. The van der Waals surface area contributed by atoms with Crippen LogP contribution in [0.15, 0.2) is 18.2 Å². The molecule has 0 aliphatic carbocycles. The molecule has 1 rings (SSSR count). The number of hydrogen-bond acceptors (Lipinski definition) is 4. The van der Waals surface area contributed by atoms with Crippen LogP contribution in [0.3, 0.4) is 0 Å². The van der Waals surface area contributed by atoms with Crippen LogP contribution in [-0.4, -0.2) is 32.7 Å². The number of rotatable bonds is 6. The molecule has 1 aromatic carbocycles. The third-order valence-corrected chi connectivity index (χ3v) is 2.52. The zero-order chi connectivity index (χ0) is 13.5. The normalized spacial score (nSPS) is 11.6. The maximum absolute atomic E-state index is 11.6. The maximum Gasteiger partial charge on any atom is 0.242 e. The Kier molecular flexibility index (Phi) is 5.30. The molecule has 0 aliphatic heterocycles. The first-order valence-corrected chi connectivity index (χ1v) is 5.88.